The third kappa shape index (κ3) is 5.87. The molecule has 1 aliphatic carbocycles. The van der Waals surface area contributed by atoms with Gasteiger partial charge < -0.3 is 30.1 Å². The normalized spacial score (nSPS) is 29.2. The quantitative estimate of drug-likeness (QED) is 0.538. The highest BCUT2D eigenvalue weighted by molar-refractivity contribution is 5.95. The first-order chi connectivity index (χ1) is 17.3. The van der Waals surface area contributed by atoms with Gasteiger partial charge in [0.15, 0.2) is 0 Å². The van der Waals surface area contributed by atoms with Crippen LogP contribution in [0.4, 0.5) is 4.79 Å². The number of ether oxygens (including phenoxy) is 2. The fourth-order valence-electron chi connectivity index (χ4n) is 4.92. The van der Waals surface area contributed by atoms with Crippen LogP contribution in [0.15, 0.2) is 36.9 Å². The molecule has 4 bridgehead atoms. The molecule has 10 heteroatoms. The number of hydrogen-bond acceptors (Lipinski definition) is 6. The molecule has 4 atom stereocenters. The third-order valence-corrected chi connectivity index (χ3v) is 7.12. The molecular weight excluding hydrogens is 466 g/mol. The second kappa shape index (κ2) is 11.1. The number of nitrogens with one attached hydrogen (secondary N) is 2. The second-order valence-corrected chi connectivity index (χ2v) is 9.66. The number of carboxylic acid groups (broad SMARTS) is 1. The minimum atomic E-state index is -1.40. The number of carboxylic acids is 1. The van der Waals surface area contributed by atoms with Gasteiger partial charge in [0, 0.05) is 18.9 Å². The topological polar surface area (TPSA) is 134 Å². The van der Waals surface area contributed by atoms with E-state index in [0.29, 0.717) is 6.61 Å². The predicted octanol–water partition coefficient (Wildman–Crippen LogP) is 1.77. The van der Waals surface area contributed by atoms with Crippen LogP contribution >= 0.6 is 0 Å². The summed E-state index contributed by atoms with van der Waals surface area (Å²) in [5.74, 6) is -2.53. The fourth-order valence-corrected chi connectivity index (χ4v) is 4.92. The summed E-state index contributed by atoms with van der Waals surface area (Å²) in [6.07, 6.45) is 4.37. The van der Waals surface area contributed by atoms with Crippen LogP contribution < -0.4 is 10.6 Å². The number of rotatable bonds is 4. The number of fused-ring (bicyclic) bond motifs is 4. The molecule has 3 N–H and O–H groups in total. The van der Waals surface area contributed by atoms with E-state index in [4.69, 9.17) is 9.47 Å². The zero-order chi connectivity index (χ0) is 25.7. The van der Waals surface area contributed by atoms with Crippen molar-refractivity contribution >= 4 is 23.9 Å². The molecule has 0 spiro atoms. The molecule has 194 valence electrons. The van der Waals surface area contributed by atoms with Crippen molar-refractivity contribution in [2.75, 3.05) is 19.7 Å². The predicted molar refractivity (Wildman–Crippen MR) is 129 cm³/mol. The van der Waals surface area contributed by atoms with Crippen molar-refractivity contribution in [2.24, 2.45) is 5.92 Å². The van der Waals surface area contributed by atoms with Crippen LogP contribution in [0.25, 0.3) is 0 Å². The molecule has 3 aliphatic rings. The number of aryl methyl sites for hydroxylation is 1. The van der Waals surface area contributed by atoms with E-state index in [9.17, 15) is 24.3 Å². The van der Waals surface area contributed by atoms with Crippen LogP contribution in [-0.2, 0) is 36.9 Å². The molecule has 2 fully saturated rings. The summed E-state index contributed by atoms with van der Waals surface area (Å²) in [6, 6.07) is 7.20. The van der Waals surface area contributed by atoms with E-state index in [1.807, 2.05) is 12.1 Å². The third-order valence-electron chi connectivity index (χ3n) is 7.12. The Morgan fingerprint density at radius 3 is 2.78 bits per heavy atom. The molecule has 0 unspecified atom stereocenters. The number of carbonyl (C=O) groups excluding carboxylic acids is 3. The Bertz CT molecular complexity index is 1030. The number of amides is 3. The van der Waals surface area contributed by atoms with Crippen LogP contribution in [0, 0.1) is 5.92 Å². The lowest BCUT2D eigenvalue weighted by Gasteiger charge is -2.25. The maximum atomic E-state index is 13.2. The standard InChI is InChI=1S/C26H33N3O7/c1-2-19-13-26(19,24(32)33)28-23(31)21-12-20-15-29(21)22(30)14-27-25(34)35-10-5-3-4-7-17-8-6-9-18(11-17)16-36-20/h2,6,8-9,11,19-21H,1,3-5,7,10,12-16H2,(H,27,34)(H,28,31)(H,32,33)/t19-,20-,21+,26-/m1/s1. The molecule has 1 saturated heterocycles. The summed E-state index contributed by atoms with van der Waals surface area (Å²) in [5, 5.41) is 14.7. The highest BCUT2D eigenvalue weighted by atomic mass is 16.5. The van der Waals surface area contributed by atoms with E-state index >= 15 is 0 Å². The second-order valence-electron chi connectivity index (χ2n) is 9.66. The summed E-state index contributed by atoms with van der Waals surface area (Å²) in [4.78, 5) is 51.4. The van der Waals surface area contributed by atoms with Gasteiger partial charge in [0.25, 0.3) is 0 Å². The Morgan fingerprint density at radius 1 is 1.22 bits per heavy atom. The zero-order valence-corrected chi connectivity index (χ0v) is 20.2. The van der Waals surface area contributed by atoms with Crippen molar-refractivity contribution < 1.29 is 33.8 Å². The number of hydrogen-bond donors (Lipinski definition) is 3. The lowest BCUT2D eigenvalue weighted by molar-refractivity contribution is -0.145. The smallest absolute Gasteiger partial charge is 0.407 e. The lowest BCUT2D eigenvalue weighted by atomic mass is 10.0. The summed E-state index contributed by atoms with van der Waals surface area (Å²) in [6.45, 7) is 4.04. The van der Waals surface area contributed by atoms with Crippen LogP contribution in [0.5, 0.6) is 0 Å². The molecular formula is C26H33N3O7. The van der Waals surface area contributed by atoms with Crippen molar-refractivity contribution in [3.05, 3.63) is 48.0 Å². The summed E-state index contributed by atoms with van der Waals surface area (Å²) in [7, 11) is 0. The van der Waals surface area contributed by atoms with Gasteiger partial charge in [-0.2, -0.15) is 0 Å². The molecule has 10 nitrogen and oxygen atoms in total. The van der Waals surface area contributed by atoms with Gasteiger partial charge in [0.2, 0.25) is 11.8 Å². The SMILES string of the molecule is C=C[C@@H]1C[C@]1(NC(=O)[C@@H]1C[C@@H]2CN1C(=O)CNC(=O)OCCCCCc1cccc(c1)CO2)C(=O)O. The van der Waals surface area contributed by atoms with E-state index in [2.05, 4.69) is 29.3 Å². The van der Waals surface area contributed by atoms with Gasteiger partial charge in [0.05, 0.1) is 19.3 Å². The average molecular weight is 500 g/mol. The maximum absolute atomic E-state index is 13.2. The minimum Gasteiger partial charge on any atom is -0.479 e. The fraction of sp³-hybridized carbons (Fsp3) is 0.538. The highest BCUT2D eigenvalue weighted by Crippen LogP contribution is 2.44. The Kier molecular flexibility index (Phi) is 7.93. The largest absolute Gasteiger partial charge is 0.479 e. The number of benzene rings is 1. The van der Waals surface area contributed by atoms with Gasteiger partial charge in [-0.3, -0.25) is 9.59 Å². The molecule has 2 heterocycles. The van der Waals surface area contributed by atoms with Crippen molar-refractivity contribution in [3.8, 4) is 0 Å². The Balaban J connectivity index is 1.50. The minimum absolute atomic E-state index is 0.151. The van der Waals surface area contributed by atoms with Crippen LogP contribution in [0.1, 0.15) is 43.2 Å². The molecule has 0 radical (unpaired) electrons. The van der Waals surface area contributed by atoms with Gasteiger partial charge in [-0.15, -0.1) is 6.58 Å². The zero-order valence-electron chi connectivity index (χ0n) is 20.2. The number of alkyl carbamates (subject to hydrolysis) is 1. The van der Waals surface area contributed by atoms with E-state index in [0.717, 1.165) is 31.2 Å². The Hall–Kier alpha value is -3.40. The van der Waals surface area contributed by atoms with Gasteiger partial charge in [-0.1, -0.05) is 30.3 Å². The van der Waals surface area contributed by atoms with Gasteiger partial charge >= 0.3 is 12.1 Å². The van der Waals surface area contributed by atoms with E-state index in [1.54, 1.807) is 0 Å². The van der Waals surface area contributed by atoms with Crippen LogP contribution in [-0.4, -0.2) is 71.3 Å². The van der Waals surface area contributed by atoms with Crippen LogP contribution in [0.2, 0.25) is 0 Å². The molecule has 1 saturated carbocycles. The molecule has 4 rings (SSSR count). The number of carbonyl (C=O) groups is 4. The molecule has 1 aromatic carbocycles. The van der Waals surface area contributed by atoms with Crippen molar-refractivity contribution in [1.29, 1.82) is 0 Å². The Morgan fingerprint density at radius 2 is 2.03 bits per heavy atom. The van der Waals surface area contributed by atoms with Crippen molar-refractivity contribution in [3.63, 3.8) is 0 Å². The van der Waals surface area contributed by atoms with Gasteiger partial charge in [-0.25, -0.2) is 9.59 Å². The summed E-state index contributed by atoms with van der Waals surface area (Å²) >= 11 is 0. The summed E-state index contributed by atoms with van der Waals surface area (Å²) in [5.41, 5.74) is 0.796. The number of nitrogens with zero attached hydrogens (tertiary/aromatic N) is 1. The van der Waals surface area contributed by atoms with E-state index < -0.39 is 41.6 Å². The van der Waals surface area contributed by atoms with Crippen molar-refractivity contribution in [2.45, 2.75) is 62.8 Å². The van der Waals surface area contributed by atoms with Gasteiger partial charge in [0.1, 0.15) is 18.1 Å². The molecule has 0 aromatic heterocycles. The van der Waals surface area contributed by atoms with E-state index in [1.165, 1.54) is 16.5 Å². The highest BCUT2D eigenvalue weighted by Gasteiger charge is 2.61. The molecule has 3 amide bonds. The maximum Gasteiger partial charge on any atom is 0.407 e. The summed E-state index contributed by atoms with van der Waals surface area (Å²) < 4.78 is 11.2. The van der Waals surface area contributed by atoms with Crippen molar-refractivity contribution in [1.82, 2.24) is 15.5 Å². The first-order valence-corrected chi connectivity index (χ1v) is 12.4. The first-order valence-electron chi connectivity index (χ1n) is 12.4. The van der Waals surface area contributed by atoms with E-state index in [-0.39, 0.29) is 38.5 Å². The first kappa shape index (κ1) is 25.7. The number of cyclic esters (lactones) is 1. The average Bonchev–Trinajstić information content (AvgIpc) is 3.41. The Labute approximate surface area is 210 Å². The van der Waals surface area contributed by atoms with Gasteiger partial charge in [-0.05, 0) is 43.2 Å². The monoisotopic (exact) mass is 499 g/mol. The molecule has 36 heavy (non-hydrogen) atoms. The molecule has 1 aromatic rings. The number of aliphatic carboxylic acids is 1. The molecule has 2 aliphatic heterocycles. The lowest BCUT2D eigenvalue weighted by Crippen LogP contribution is -2.54. The van der Waals surface area contributed by atoms with Crippen LogP contribution in [0.3, 0.4) is 0 Å².